The first-order valence-corrected chi connectivity index (χ1v) is 9.38. The summed E-state index contributed by atoms with van der Waals surface area (Å²) >= 11 is 1.46. The van der Waals surface area contributed by atoms with Gasteiger partial charge in [-0.1, -0.05) is 0 Å². The number of benzene rings is 1. The number of phenols is 2. The van der Waals surface area contributed by atoms with Crippen LogP contribution < -0.4 is 5.32 Å². The van der Waals surface area contributed by atoms with Crippen molar-refractivity contribution >= 4 is 23.2 Å². The Kier molecular flexibility index (Phi) is 6.97. The highest BCUT2D eigenvalue weighted by Crippen LogP contribution is 2.32. The molecule has 2 amide bonds. The van der Waals surface area contributed by atoms with E-state index in [-0.39, 0.29) is 11.5 Å². The molecule has 0 unspecified atom stereocenters. The first-order valence-electron chi connectivity index (χ1n) is 8.50. The van der Waals surface area contributed by atoms with E-state index in [1.165, 1.54) is 28.4 Å². The third-order valence-corrected chi connectivity index (χ3v) is 4.82. The van der Waals surface area contributed by atoms with Gasteiger partial charge in [-0.25, -0.2) is 4.98 Å². The number of carbonyl (C=O) groups is 2. The van der Waals surface area contributed by atoms with Crippen molar-refractivity contribution in [3.63, 3.8) is 0 Å². The number of thiazole rings is 1. The molecule has 2 rings (SSSR count). The first kappa shape index (κ1) is 19.7. The van der Waals surface area contributed by atoms with Crippen LogP contribution in [0.5, 0.6) is 11.5 Å². The number of carbonyl (C=O) groups excluding carboxylic acids is 2. The molecule has 0 fully saturated rings. The minimum atomic E-state index is -0.581. The lowest BCUT2D eigenvalue weighted by Gasteiger charge is -2.17. The van der Waals surface area contributed by atoms with Gasteiger partial charge in [0, 0.05) is 43.1 Å². The van der Waals surface area contributed by atoms with Crippen LogP contribution in [-0.2, 0) is 16.0 Å². The summed E-state index contributed by atoms with van der Waals surface area (Å²) in [5.74, 6) is -1.11. The van der Waals surface area contributed by atoms with Crippen molar-refractivity contribution in [2.75, 3.05) is 19.6 Å². The van der Waals surface area contributed by atoms with Crippen LogP contribution in [-0.4, -0.2) is 51.5 Å². The molecule has 0 saturated carbocycles. The van der Waals surface area contributed by atoms with Crippen LogP contribution in [0.25, 0.3) is 11.3 Å². The van der Waals surface area contributed by atoms with Crippen LogP contribution in [0.15, 0.2) is 23.6 Å². The molecule has 1 aromatic heterocycles. The fourth-order valence-corrected chi connectivity index (χ4v) is 3.30. The van der Waals surface area contributed by atoms with Gasteiger partial charge in [0.1, 0.15) is 11.5 Å². The average molecular weight is 377 g/mol. The normalized spacial score (nSPS) is 10.5. The summed E-state index contributed by atoms with van der Waals surface area (Å²) in [5.41, 5.74) is 1.20. The minimum absolute atomic E-state index is 0.00305. The molecule has 0 saturated heterocycles. The lowest BCUT2D eigenvalue weighted by molar-refractivity contribution is -0.145. The molecule has 0 aliphatic rings. The number of hydrogen-bond donors (Lipinski definition) is 3. The number of aromatic nitrogens is 1. The Hall–Kier alpha value is -2.61. The van der Waals surface area contributed by atoms with Gasteiger partial charge in [0.05, 0.1) is 10.7 Å². The molecule has 8 heteroatoms. The molecular formula is C18H23N3O4S. The quantitative estimate of drug-likeness (QED) is 0.507. The molecule has 0 radical (unpaired) electrons. The molecule has 1 aromatic carbocycles. The highest BCUT2D eigenvalue weighted by atomic mass is 32.1. The van der Waals surface area contributed by atoms with Gasteiger partial charge in [-0.3, -0.25) is 9.59 Å². The molecular weight excluding hydrogens is 354 g/mol. The maximum absolute atomic E-state index is 11.8. The third-order valence-electron chi connectivity index (χ3n) is 3.91. The Labute approximate surface area is 156 Å². The number of amides is 2. The highest BCUT2D eigenvalue weighted by Gasteiger charge is 2.18. The van der Waals surface area contributed by atoms with Gasteiger partial charge < -0.3 is 20.4 Å². The van der Waals surface area contributed by atoms with Crippen molar-refractivity contribution < 1.29 is 19.8 Å². The molecule has 0 aliphatic heterocycles. The van der Waals surface area contributed by atoms with Crippen molar-refractivity contribution in [1.82, 2.24) is 15.2 Å². The number of rotatable bonds is 7. The number of phenolic OH excluding ortho intramolecular Hbond substituents is 2. The van der Waals surface area contributed by atoms with E-state index < -0.39 is 11.8 Å². The Morgan fingerprint density at radius 3 is 2.62 bits per heavy atom. The zero-order valence-corrected chi connectivity index (χ0v) is 15.7. The van der Waals surface area contributed by atoms with E-state index in [9.17, 15) is 19.8 Å². The van der Waals surface area contributed by atoms with Gasteiger partial charge in [0.25, 0.3) is 0 Å². The smallest absolute Gasteiger partial charge is 0.311 e. The number of aryl methyl sites for hydroxylation is 1. The molecule has 0 bridgehead atoms. The summed E-state index contributed by atoms with van der Waals surface area (Å²) in [6, 6.07) is 4.38. The lowest BCUT2D eigenvalue weighted by Crippen LogP contribution is -2.43. The van der Waals surface area contributed by atoms with E-state index in [2.05, 4.69) is 10.3 Å². The second-order valence-corrected chi connectivity index (χ2v) is 6.61. The Bertz CT molecular complexity index is 772. The van der Waals surface area contributed by atoms with Gasteiger partial charge in [-0.15, -0.1) is 11.3 Å². The van der Waals surface area contributed by atoms with Crippen molar-refractivity contribution in [3.05, 3.63) is 28.6 Å². The molecule has 1 heterocycles. The van der Waals surface area contributed by atoms with Crippen LogP contribution in [0, 0.1) is 0 Å². The van der Waals surface area contributed by atoms with Gasteiger partial charge in [0.2, 0.25) is 0 Å². The van der Waals surface area contributed by atoms with Crippen molar-refractivity contribution in [2.45, 2.75) is 26.7 Å². The predicted octanol–water partition coefficient (Wildman–Crippen LogP) is 2.14. The minimum Gasteiger partial charge on any atom is -0.508 e. The maximum Gasteiger partial charge on any atom is 0.311 e. The van der Waals surface area contributed by atoms with Gasteiger partial charge in [-0.2, -0.15) is 0 Å². The molecule has 7 nitrogen and oxygen atoms in total. The van der Waals surface area contributed by atoms with Crippen molar-refractivity contribution in [2.24, 2.45) is 0 Å². The first-order chi connectivity index (χ1) is 12.5. The summed E-state index contributed by atoms with van der Waals surface area (Å²) in [4.78, 5) is 29.6. The predicted molar refractivity (Wildman–Crippen MR) is 100 cm³/mol. The van der Waals surface area contributed by atoms with Gasteiger partial charge in [0.15, 0.2) is 0 Å². The third kappa shape index (κ3) is 4.95. The van der Waals surface area contributed by atoms with Crippen LogP contribution in [0.4, 0.5) is 0 Å². The topological polar surface area (TPSA) is 103 Å². The molecule has 140 valence electrons. The number of likely N-dealkylation sites (N-methyl/N-ethyl adjacent to an activating group) is 1. The summed E-state index contributed by atoms with van der Waals surface area (Å²) in [6.45, 7) is 5.08. The standard InChI is InChI=1S/C18H23N3O4S/c1-3-21(4-2)18(25)17(24)19-9-5-6-16-20-14(11-26-16)13-8-7-12(22)10-15(13)23/h7-8,10-11,22-23H,3-6,9H2,1-2H3,(H,19,24). The van der Waals surface area contributed by atoms with E-state index in [1.54, 1.807) is 6.07 Å². The summed E-state index contributed by atoms with van der Waals surface area (Å²) in [6.07, 6.45) is 1.31. The molecule has 3 N–H and O–H groups in total. The van der Waals surface area contributed by atoms with E-state index >= 15 is 0 Å². The molecule has 2 aromatic rings. The number of nitrogens with zero attached hydrogens (tertiary/aromatic N) is 2. The number of hydrogen-bond acceptors (Lipinski definition) is 6. The largest absolute Gasteiger partial charge is 0.508 e. The Balaban J connectivity index is 1.83. The zero-order chi connectivity index (χ0) is 19.1. The average Bonchev–Trinajstić information content (AvgIpc) is 3.08. The maximum atomic E-state index is 11.8. The van der Waals surface area contributed by atoms with E-state index in [0.29, 0.717) is 43.7 Å². The Morgan fingerprint density at radius 2 is 1.96 bits per heavy atom. The summed E-state index contributed by atoms with van der Waals surface area (Å²) in [7, 11) is 0. The van der Waals surface area contributed by atoms with Crippen LogP contribution in [0.1, 0.15) is 25.3 Å². The SMILES string of the molecule is CCN(CC)C(=O)C(=O)NCCCc1nc(-c2ccc(O)cc2O)cs1. The fraction of sp³-hybridized carbons (Fsp3) is 0.389. The van der Waals surface area contributed by atoms with Crippen molar-refractivity contribution in [1.29, 1.82) is 0 Å². The second-order valence-electron chi connectivity index (χ2n) is 5.66. The van der Waals surface area contributed by atoms with Crippen LogP contribution >= 0.6 is 11.3 Å². The monoisotopic (exact) mass is 377 g/mol. The number of nitrogens with one attached hydrogen (secondary N) is 1. The van der Waals surface area contributed by atoms with Crippen LogP contribution in [0.3, 0.4) is 0 Å². The fourth-order valence-electron chi connectivity index (χ4n) is 2.46. The zero-order valence-electron chi connectivity index (χ0n) is 14.9. The van der Waals surface area contributed by atoms with E-state index in [4.69, 9.17) is 0 Å². The van der Waals surface area contributed by atoms with Crippen molar-refractivity contribution in [3.8, 4) is 22.8 Å². The Morgan fingerprint density at radius 1 is 1.23 bits per heavy atom. The van der Waals surface area contributed by atoms with E-state index in [1.807, 2.05) is 19.2 Å². The molecule has 26 heavy (non-hydrogen) atoms. The molecule has 0 spiro atoms. The van der Waals surface area contributed by atoms with Gasteiger partial charge >= 0.3 is 11.8 Å². The number of aromatic hydroxyl groups is 2. The molecule has 0 aliphatic carbocycles. The lowest BCUT2D eigenvalue weighted by atomic mass is 10.1. The molecule has 0 atom stereocenters. The summed E-state index contributed by atoms with van der Waals surface area (Å²) in [5, 5.41) is 24.6. The highest BCUT2D eigenvalue weighted by molar-refractivity contribution is 7.09. The van der Waals surface area contributed by atoms with E-state index in [0.717, 1.165) is 5.01 Å². The summed E-state index contributed by atoms with van der Waals surface area (Å²) < 4.78 is 0. The van der Waals surface area contributed by atoms with Gasteiger partial charge in [-0.05, 0) is 32.4 Å². The second kappa shape index (κ2) is 9.19. The van der Waals surface area contributed by atoms with Crippen LogP contribution in [0.2, 0.25) is 0 Å².